The van der Waals surface area contributed by atoms with Crippen LogP contribution in [0.4, 0.5) is 0 Å². The van der Waals surface area contributed by atoms with Crippen LogP contribution in [0, 0.1) is 16.7 Å². The number of amides is 1. The van der Waals surface area contributed by atoms with Crippen LogP contribution in [0.3, 0.4) is 0 Å². The third kappa shape index (κ3) is 3.43. The fourth-order valence-corrected chi connectivity index (χ4v) is 5.76. The lowest BCUT2D eigenvalue weighted by molar-refractivity contribution is 0.0357. The lowest BCUT2D eigenvalue weighted by Crippen LogP contribution is -2.52. The molecule has 1 N–H and O–H groups in total. The van der Waals surface area contributed by atoms with E-state index in [9.17, 15) is 4.79 Å². The zero-order valence-corrected chi connectivity index (χ0v) is 17.7. The van der Waals surface area contributed by atoms with Crippen molar-refractivity contribution in [2.24, 2.45) is 16.7 Å². The summed E-state index contributed by atoms with van der Waals surface area (Å²) in [4.78, 5) is 15.4. The van der Waals surface area contributed by atoms with Crippen LogP contribution in [0.1, 0.15) is 50.5 Å². The molecule has 0 spiro atoms. The Morgan fingerprint density at radius 2 is 2.07 bits per heavy atom. The summed E-state index contributed by atoms with van der Waals surface area (Å²) in [7, 11) is 1.63. The number of carbonyl (C=O) groups excluding carboxylic acids is 1. The van der Waals surface area contributed by atoms with Crippen LogP contribution in [0.15, 0.2) is 6.07 Å². The molecule has 7 nitrogen and oxygen atoms in total. The molecule has 3 atom stereocenters. The second-order valence-electron chi connectivity index (χ2n) is 9.57. The van der Waals surface area contributed by atoms with Crippen LogP contribution in [-0.2, 0) is 11.3 Å². The van der Waals surface area contributed by atoms with Gasteiger partial charge in [0, 0.05) is 31.7 Å². The number of fused-ring (bicyclic) bond motifs is 2. The first-order valence-electron chi connectivity index (χ1n) is 10.6. The summed E-state index contributed by atoms with van der Waals surface area (Å²) < 4.78 is 12.7. The predicted molar refractivity (Wildman–Crippen MR) is 107 cm³/mol. The summed E-state index contributed by atoms with van der Waals surface area (Å²) in [6, 6.07) is 1.95. The van der Waals surface area contributed by atoms with Gasteiger partial charge in [0.2, 0.25) is 5.88 Å². The fourth-order valence-electron chi connectivity index (χ4n) is 5.76. The molecular formula is C21H34N4O3. The molecule has 4 rings (SSSR count). The van der Waals surface area contributed by atoms with E-state index in [2.05, 4.69) is 36.1 Å². The van der Waals surface area contributed by atoms with Gasteiger partial charge in [0.1, 0.15) is 0 Å². The van der Waals surface area contributed by atoms with E-state index in [1.807, 2.05) is 0 Å². The van der Waals surface area contributed by atoms with Gasteiger partial charge in [-0.2, -0.15) is 5.10 Å². The van der Waals surface area contributed by atoms with E-state index >= 15 is 0 Å². The predicted octanol–water partition coefficient (Wildman–Crippen LogP) is 2.17. The summed E-state index contributed by atoms with van der Waals surface area (Å²) in [5, 5.41) is 7.89. The highest BCUT2D eigenvalue weighted by atomic mass is 16.5. The van der Waals surface area contributed by atoms with Crippen LogP contribution >= 0.6 is 0 Å². The molecule has 2 bridgehead atoms. The van der Waals surface area contributed by atoms with Crippen molar-refractivity contribution in [3.8, 4) is 5.88 Å². The van der Waals surface area contributed by atoms with Gasteiger partial charge in [-0.1, -0.05) is 20.8 Å². The number of rotatable bonds is 6. The maximum absolute atomic E-state index is 13.0. The Morgan fingerprint density at radius 1 is 1.32 bits per heavy atom. The number of methoxy groups -OCH3 is 1. The van der Waals surface area contributed by atoms with Gasteiger partial charge in [-0.05, 0) is 36.0 Å². The molecule has 1 unspecified atom stereocenters. The Morgan fingerprint density at radius 3 is 2.71 bits per heavy atom. The van der Waals surface area contributed by atoms with E-state index in [4.69, 9.17) is 9.47 Å². The third-order valence-corrected chi connectivity index (χ3v) is 7.46. The molecule has 1 amide bonds. The van der Waals surface area contributed by atoms with Crippen LogP contribution < -0.4 is 10.1 Å². The van der Waals surface area contributed by atoms with E-state index in [1.165, 1.54) is 19.3 Å². The number of hydrogen-bond donors (Lipinski definition) is 1. The number of morpholine rings is 1. The highest BCUT2D eigenvalue weighted by Crippen LogP contribution is 2.62. The minimum absolute atomic E-state index is 0.0877. The fraction of sp³-hybridized carbons (Fsp3) is 0.810. The topological polar surface area (TPSA) is 68.6 Å². The highest BCUT2D eigenvalue weighted by molar-refractivity contribution is 5.93. The Balaban J connectivity index is 1.44. The molecule has 1 saturated heterocycles. The third-order valence-electron chi connectivity index (χ3n) is 7.46. The van der Waals surface area contributed by atoms with Crippen LogP contribution in [0.2, 0.25) is 0 Å². The number of nitrogens with one attached hydrogen (secondary N) is 1. The maximum atomic E-state index is 13.0. The highest BCUT2D eigenvalue weighted by Gasteiger charge is 2.59. The molecule has 1 aromatic rings. The lowest BCUT2D eigenvalue weighted by atomic mass is 9.68. The molecule has 7 heteroatoms. The molecule has 1 aromatic heterocycles. The van der Waals surface area contributed by atoms with Crippen molar-refractivity contribution < 1.29 is 14.3 Å². The molecule has 28 heavy (non-hydrogen) atoms. The second kappa shape index (κ2) is 7.34. The van der Waals surface area contributed by atoms with Crippen molar-refractivity contribution in [2.75, 3.05) is 40.0 Å². The van der Waals surface area contributed by atoms with Gasteiger partial charge in [-0.25, -0.2) is 4.68 Å². The van der Waals surface area contributed by atoms with E-state index in [0.29, 0.717) is 24.0 Å². The van der Waals surface area contributed by atoms with Crippen molar-refractivity contribution in [3.63, 3.8) is 0 Å². The quantitative estimate of drug-likeness (QED) is 0.806. The van der Waals surface area contributed by atoms with Crippen LogP contribution in [-0.4, -0.2) is 66.6 Å². The maximum Gasteiger partial charge on any atom is 0.272 e. The molecule has 156 valence electrons. The molecule has 0 radical (unpaired) electrons. The average molecular weight is 391 g/mol. The Bertz CT molecular complexity index is 720. The van der Waals surface area contributed by atoms with Crippen molar-refractivity contribution in [1.29, 1.82) is 0 Å². The molecule has 2 saturated carbocycles. The molecule has 3 fully saturated rings. The second-order valence-corrected chi connectivity index (χ2v) is 9.57. The molecular weight excluding hydrogens is 356 g/mol. The molecule has 0 aromatic carbocycles. The van der Waals surface area contributed by atoms with Gasteiger partial charge in [0.05, 0.1) is 26.9 Å². The molecule has 2 aliphatic carbocycles. The zero-order chi connectivity index (χ0) is 19.9. The van der Waals surface area contributed by atoms with Gasteiger partial charge in [0.15, 0.2) is 5.69 Å². The van der Waals surface area contributed by atoms with Crippen molar-refractivity contribution in [2.45, 2.75) is 52.6 Å². The van der Waals surface area contributed by atoms with E-state index in [0.717, 1.165) is 32.8 Å². The van der Waals surface area contributed by atoms with Gasteiger partial charge in [-0.15, -0.1) is 0 Å². The number of carbonyl (C=O) groups is 1. The van der Waals surface area contributed by atoms with Crippen molar-refractivity contribution in [1.82, 2.24) is 20.0 Å². The SMILES string of the molecule is COc1cc(C(=O)N[C@@H]2C(C)(C)C3CC[C@@]2(C)C3)nn1CCN1CCOCC1. The van der Waals surface area contributed by atoms with Crippen LogP contribution in [0.5, 0.6) is 5.88 Å². The standard InChI is InChI=1S/C21H34N4O3/c1-20(2)15-5-6-21(3,14-15)19(20)22-18(26)16-13-17(27-4)25(23-16)8-7-24-9-11-28-12-10-24/h13,15,19H,5-12,14H2,1-4H3,(H,22,26)/t15?,19-,21+/m1/s1. The Kier molecular flexibility index (Phi) is 5.16. The average Bonchev–Trinajstić information content (AvgIpc) is 3.33. The molecule has 1 aliphatic heterocycles. The van der Waals surface area contributed by atoms with Crippen molar-refractivity contribution in [3.05, 3.63) is 11.8 Å². The lowest BCUT2D eigenvalue weighted by Gasteiger charge is -2.42. The normalized spacial score (nSPS) is 31.9. The number of aromatic nitrogens is 2. The van der Waals surface area contributed by atoms with E-state index < -0.39 is 0 Å². The zero-order valence-electron chi connectivity index (χ0n) is 17.7. The van der Waals surface area contributed by atoms with E-state index in [1.54, 1.807) is 17.9 Å². The number of nitrogens with zero attached hydrogens (tertiary/aromatic N) is 3. The van der Waals surface area contributed by atoms with Gasteiger partial charge >= 0.3 is 0 Å². The smallest absolute Gasteiger partial charge is 0.272 e. The summed E-state index contributed by atoms with van der Waals surface area (Å²) in [6.45, 7) is 11.9. The minimum Gasteiger partial charge on any atom is -0.481 e. The summed E-state index contributed by atoms with van der Waals surface area (Å²) >= 11 is 0. The molecule has 3 aliphatic rings. The largest absolute Gasteiger partial charge is 0.481 e. The van der Waals surface area contributed by atoms with Crippen molar-refractivity contribution >= 4 is 5.91 Å². The van der Waals surface area contributed by atoms with Gasteiger partial charge < -0.3 is 14.8 Å². The number of ether oxygens (including phenoxy) is 2. The molecule has 2 heterocycles. The van der Waals surface area contributed by atoms with E-state index in [-0.39, 0.29) is 22.8 Å². The monoisotopic (exact) mass is 390 g/mol. The first kappa shape index (κ1) is 19.7. The first-order valence-corrected chi connectivity index (χ1v) is 10.6. The Hall–Kier alpha value is -1.60. The van der Waals surface area contributed by atoms with Crippen LogP contribution in [0.25, 0.3) is 0 Å². The minimum atomic E-state index is -0.0877. The van der Waals surface area contributed by atoms with Gasteiger partial charge in [-0.3, -0.25) is 9.69 Å². The van der Waals surface area contributed by atoms with Gasteiger partial charge in [0.25, 0.3) is 5.91 Å². The summed E-state index contributed by atoms with van der Waals surface area (Å²) in [5.41, 5.74) is 0.777. The summed E-state index contributed by atoms with van der Waals surface area (Å²) in [5.74, 6) is 1.25. The Labute approximate surface area is 167 Å². The first-order chi connectivity index (χ1) is 13.3. The number of hydrogen-bond acceptors (Lipinski definition) is 5. The summed E-state index contributed by atoms with van der Waals surface area (Å²) in [6.07, 6.45) is 3.69.